The Morgan fingerprint density at radius 2 is 2.19 bits per heavy atom. The molecular formula is C17H14ClFN4O2S. The molecule has 0 radical (unpaired) electrons. The molecule has 0 bridgehead atoms. The van der Waals surface area contributed by atoms with E-state index in [0.29, 0.717) is 28.7 Å². The summed E-state index contributed by atoms with van der Waals surface area (Å²) in [5.41, 5.74) is 0.751. The molecule has 0 aliphatic rings. The fourth-order valence-corrected chi connectivity index (χ4v) is 2.85. The normalized spacial score (nSPS) is 10.7. The molecule has 9 heteroatoms. The molecule has 1 N–H and O–H groups in total. The average molecular weight is 393 g/mol. The first kappa shape index (κ1) is 18.3. The van der Waals surface area contributed by atoms with E-state index >= 15 is 0 Å². The van der Waals surface area contributed by atoms with Gasteiger partial charge in [-0.1, -0.05) is 41.5 Å². The van der Waals surface area contributed by atoms with Gasteiger partial charge >= 0.3 is 0 Å². The Kier molecular flexibility index (Phi) is 5.85. The quantitative estimate of drug-likeness (QED) is 0.632. The predicted molar refractivity (Wildman–Crippen MR) is 97.7 cm³/mol. The number of nitrogens with one attached hydrogen (secondary N) is 1. The fraction of sp³-hybridized carbons (Fsp3) is 0.176. The zero-order valence-electron chi connectivity index (χ0n) is 13.7. The summed E-state index contributed by atoms with van der Waals surface area (Å²) < 4.78 is 18.9. The number of thioether (sulfide) groups is 1. The molecule has 3 aromatic rings. The van der Waals surface area contributed by atoms with Crippen LogP contribution in [0.1, 0.15) is 12.7 Å². The van der Waals surface area contributed by atoms with Crippen molar-refractivity contribution in [3.8, 4) is 11.5 Å². The molecule has 0 spiro atoms. The van der Waals surface area contributed by atoms with E-state index in [2.05, 4.69) is 20.4 Å². The van der Waals surface area contributed by atoms with Crippen LogP contribution < -0.4 is 5.32 Å². The molecule has 0 aliphatic carbocycles. The van der Waals surface area contributed by atoms with Gasteiger partial charge in [0, 0.05) is 12.6 Å². The van der Waals surface area contributed by atoms with Crippen LogP contribution >= 0.6 is 23.4 Å². The number of rotatable bonds is 6. The molecule has 26 heavy (non-hydrogen) atoms. The zero-order valence-corrected chi connectivity index (χ0v) is 15.3. The van der Waals surface area contributed by atoms with E-state index in [9.17, 15) is 9.18 Å². The van der Waals surface area contributed by atoms with Gasteiger partial charge in [0.25, 0.3) is 5.89 Å². The maximum absolute atomic E-state index is 13.8. The van der Waals surface area contributed by atoms with E-state index in [1.165, 1.54) is 23.9 Å². The van der Waals surface area contributed by atoms with Gasteiger partial charge in [-0.3, -0.25) is 4.79 Å². The van der Waals surface area contributed by atoms with E-state index in [4.69, 9.17) is 16.1 Å². The van der Waals surface area contributed by atoms with Crippen molar-refractivity contribution in [2.24, 2.45) is 0 Å². The third kappa shape index (κ3) is 4.39. The van der Waals surface area contributed by atoms with Crippen molar-refractivity contribution in [1.82, 2.24) is 15.1 Å². The molecule has 0 aliphatic heterocycles. The molecule has 1 aromatic carbocycles. The van der Waals surface area contributed by atoms with Crippen molar-refractivity contribution in [1.29, 1.82) is 0 Å². The maximum atomic E-state index is 13.8. The van der Waals surface area contributed by atoms with Crippen molar-refractivity contribution in [2.45, 2.75) is 18.4 Å². The topological polar surface area (TPSA) is 80.9 Å². The van der Waals surface area contributed by atoms with Crippen LogP contribution in [0.25, 0.3) is 11.5 Å². The number of amides is 1. The van der Waals surface area contributed by atoms with Crippen molar-refractivity contribution < 1.29 is 13.7 Å². The molecule has 0 unspecified atom stereocenters. The number of aromatic nitrogens is 3. The van der Waals surface area contributed by atoms with Crippen LogP contribution in [-0.4, -0.2) is 26.8 Å². The summed E-state index contributed by atoms with van der Waals surface area (Å²) in [5.74, 6) is 0.106. The van der Waals surface area contributed by atoms with E-state index in [0.717, 1.165) is 0 Å². The summed E-state index contributed by atoms with van der Waals surface area (Å²) in [7, 11) is 0. The number of nitrogens with zero attached hydrogens (tertiary/aromatic N) is 3. The number of halogens is 2. The number of anilines is 1. The highest BCUT2D eigenvalue weighted by atomic mass is 35.5. The van der Waals surface area contributed by atoms with Gasteiger partial charge < -0.3 is 9.84 Å². The van der Waals surface area contributed by atoms with Crippen LogP contribution in [0.5, 0.6) is 0 Å². The van der Waals surface area contributed by atoms with Crippen molar-refractivity contribution in [3.05, 3.63) is 53.2 Å². The van der Waals surface area contributed by atoms with Gasteiger partial charge in [-0.2, -0.15) is 4.98 Å². The molecule has 0 fully saturated rings. The van der Waals surface area contributed by atoms with Gasteiger partial charge in [0.2, 0.25) is 5.91 Å². The Labute approximate surface area is 158 Å². The predicted octanol–water partition coefficient (Wildman–Crippen LogP) is 4.22. The average Bonchev–Trinajstić information content (AvgIpc) is 3.13. The number of carbonyl (C=O) groups is 1. The molecule has 1 amide bonds. The largest absolute Gasteiger partial charge is 0.334 e. The monoisotopic (exact) mass is 392 g/mol. The molecule has 3 rings (SSSR count). The Morgan fingerprint density at radius 1 is 1.35 bits per heavy atom. The minimum atomic E-state index is -0.652. The van der Waals surface area contributed by atoms with Crippen LogP contribution in [0, 0.1) is 5.82 Å². The minimum Gasteiger partial charge on any atom is -0.334 e. The molecular weight excluding hydrogens is 379 g/mol. The van der Waals surface area contributed by atoms with Crippen molar-refractivity contribution >= 4 is 35.0 Å². The highest BCUT2D eigenvalue weighted by molar-refractivity contribution is 7.99. The van der Waals surface area contributed by atoms with E-state index < -0.39 is 5.82 Å². The second-order valence-electron chi connectivity index (χ2n) is 5.19. The Bertz CT molecular complexity index is 917. The van der Waals surface area contributed by atoms with E-state index in [1.54, 1.807) is 24.4 Å². The SMILES string of the molecule is CCc1noc(-c2ccc(SCC(=O)Nc3cccc(Cl)c3F)nc2)n1. The lowest BCUT2D eigenvalue weighted by Crippen LogP contribution is -2.15. The molecule has 2 aromatic heterocycles. The molecule has 6 nitrogen and oxygen atoms in total. The lowest BCUT2D eigenvalue weighted by molar-refractivity contribution is -0.113. The van der Waals surface area contributed by atoms with E-state index in [1.807, 2.05) is 6.92 Å². The first-order chi connectivity index (χ1) is 12.6. The molecule has 0 atom stereocenters. The summed E-state index contributed by atoms with van der Waals surface area (Å²) in [6.45, 7) is 1.94. The Hall–Kier alpha value is -2.45. The van der Waals surface area contributed by atoms with Crippen LogP contribution in [0.2, 0.25) is 5.02 Å². The maximum Gasteiger partial charge on any atom is 0.259 e. The second-order valence-corrected chi connectivity index (χ2v) is 6.60. The van der Waals surface area contributed by atoms with Gasteiger partial charge in [0.05, 0.1) is 27.1 Å². The molecule has 134 valence electrons. The first-order valence-electron chi connectivity index (χ1n) is 7.72. The smallest absolute Gasteiger partial charge is 0.259 e. The highest BCUT2D eigenvalue weighted by Gasteiger charge is 2.11. The third-order valence-electron chi connectivity index (χ3n) is 3.34. The first-order valence-corrected chi connectivity index (χ1v) is 9.09. The van der Waals surface area contributed by atoms with Gasteiger partial charge in [-0.25, -0.2) is 9.37 Å². The Balaban J connectivity index is 1.57. The van der Waals surface area contributed by atoms with Crippen LogP contribution in [-0.2, 0) is 11.2 Å². The van der Waals surface area contributed by atoms with Gasteiger partial charge in [0.15, 0.2) is 11.6 Å². The number of benzene rings is 1. The summed E-state index contributed by atoms with van der Waals surface area (Å²) in [6.07, 6.45) is 2.29. The van der Waals surface area contributed by atoms with Gasteiger partial charge in [-0.15, -0.1) is 0 Å². The fourth-order valence-electron chi connectivity index (χ4n) is 2.03. The van der Waals surface area contributed by atoms with Crippen LogP contribution in [0.15, 0.2) is 46.1 Å². The summed E-state index contributed by atoms with van der Waals surface area (Å²) in [6, 6.07) is 7.97. The lowest BCUT2D eigenvalue weighted by atomic mass is 10.3. The highest BCUT2D eigenvalue weighted by Crippen LogP contribution is 2.23. The number of hydrogen-bond acceptors (Lipinski definition) is 6. The summed E-state index contributed by atoms with van der Waals surface area (Å²) in [4.78, 5) is 20.5. The number of aryl methyl sites for hydroxylation is 1. The minimum absolute atomic E-state index is 0.0417. The van der Waals surface area contributed by atoms with Crippen molar-refractivity contribution in [3.63, 3.8) is 0 Å². The molecule has 0 saturated heterocycles. The number of carbonyl (C=O) groups excluding carboxylic acids is 1. The number of hydrogen-bond donors (Lipinski definition) is 1. The summed E-state index contributed by atoms with van der Waals surface area (Å²) in [5, 5.41) is 6.92. The standard InChI is InChI=1S/C17H14ClFN4O2S/c1-2-13-22-17(25-23-13)10-6-7-15(20-8-10)26-9-14(24)21-12-5-3-4-11(18)16(12)19/h3-8H,2,9H2,1H3,(H,21,24). The van der Waals surface area contributed by atoms with Crippen LogP contribution in [0.3, 0.4) is 0 Å². The lowest BCUT2D eigenvalue weighted by Gasteiger charge is -2.07. The zero-order chi connectivity index (χ0) is 18.5. The number of pyridine rings is 1. The van der Waals surface area contributed by atoms with E-state index in [-0.39, 0.29) is 22.4 Å². The molecule has 0 saturated carbocycles. The Morgan fingerprint density at radius 3 is 2.88 bits per heavy atom. The van der Waals surface area contributed by atoms with Gasteiger partial charge in [0.1, 0.15) is 0 Å². The summed E-state index contributed by atoms with van der Waals surface area (Å²) >= 11 is 6.91. The van der Waals surface area contributed by atoms with Crippen molar-refractivity contribution in [2.75, 3.05) is 11.1 Å². The second kappa shape index (κ2) is 8.29. The molecule has 2 heterocycles. The van der Waals surface area contributed by atoms with Gasteiger partial charge in [-0.05, 0) is 24.3 Å². The van der Waals surface area contributed by atoms with Crippen LogP contribution in [0.4, 0.5) is 10.1 Å². The third-order valence-corrected chi connectivity index (χ3v) is 4.58.